The van der Waals surface area contributed by atoms with Gasteiger partial charge in [0.25, 0.3) is 0 Å². The highest BCUT2D eigenvalue weighted by Crippen LogP contribution is 2.37. The maximum absolute atomic E-state index is 13.4. The van der Waals surface area contributed by atoms with Crippen LogP contribution in [-0.2, 0) is 16.0 Å². The maximum atomic E-state index is 13.4. The number of thiophene rings is 1. The summed E-state index contributed by atoms with van der Waals surface area (Å²) >= 11 is 1.82. The first-order chi connectivity index (χ1) is 15.6. The minimum Gasteiger partial charge on any atom is -0.338 e. The molecule has 2 amide bonds. The Morgan fingerprint density at radius 1 is 1.03 bits per heavy atom. The Hall–Kier alpha value is -2.18. The molecule has 0 unspecified atom stereocenters. The van der Waals surface area contributed by atoms with Crippen LogP contribution in [0.15, 0.2) is 35.7 Å². The smallest absolute Gasteiger partial charge is 0.236 e. The van der Waals surface area contributed by atoms with Crippen LogP contribution in [0.1, 0.15) is 61.7 Å². The zero-order valence-corrected chi connectivity index (χ0v) is 21.5. The van der Waals surface area contributed by atoms with E-state index >= 15 is 0 Å². The molecule has 3 heterocycles. The molecular formula is C27H37N3O2S. The van der Waals surface area contributed by atoms with Crippen LogP contribution in [0, 0.1) is 12.3 Å². The van der Waals surface area contributed by atoms with Crippen LogP contribution >= 0.6 is 11.3 Å². The Kier molecular flexibility index (Phi) is 6.96. The van der Waals surface area contributed by atoms with Crippen molar-refractivity contribution in [1.29, 1.82) is 0 Å². The fraction of sp³-hybridized carbons (Fsp3) is 0.556. The molecule has 178 valence electrons. The second-order valence-electron chi connectivity index (χ2n) is 10.8. The van der Waals surface area contributed by atoms with Gasteiger partial charge in [0.2, 0.25) is 11.8 Å². The summed E-state index contributed by atoms with van der Waals surface area (Å²) < 4.78 is 0. The predicted octanol–water partition coefficient (Wildman–Crippen LogP) is 4.50. The summed E-state index contributed by atoms with van der Waals surface area (Å²) in [5.41, 5.74) is 3.81. The summed E-state index contributed by atoms with van der Waals surface area (Å²) in [4.78, 5) is 33.8. The lowest BCUT2D eigenvalue weighted by Gasteiger charge is -2.42. The Bertz CT molecular complexity index is 992. The average molecular weight is 468 g/mol. The zero-order chi connectivity index (χ0) is 23.8. The highest BCUT2D eigenvalue weighted by atomic mass is 32.1. The molecule has 0 spiro atoms. The van der Waals surface area contributed by atoms with Crippen LogP contribution in [0.3, 0.4) is 0 Å². The molecule has 6 heteroatoms. The molecule has 0 N–H and O–H groups in total. The second kappa shape index (κ2) is 9.59. The van der Waals surface area contributed by atoms with Crippen LogP contribution in [0.25, 0.3) is 0 Å². The van der Waals surface area contributed by atoms with Gasteiger partial charge in [-0.1, -0.05) is 50.6 Å². The third kappa shape index (κ3) is 5.49. The number of hydrogen-bond acceptors (Lipinski definition) is 4. The second-order valence-corrected chi connectivity index (χ2v) is 11.8. The van der Waals surface area contributed by atoms with Gasteiger partial charge >= 0.3 is 0 Å². The van der Waals surface area contributed by atoms with Crippen LogP contribution in [0.2, 0.25) is 0 Å². The summed E-state index contributed by atoms with van der Waals surface area (Å²) in [7, 11) is 0. The molecule has 1 fully saturated rings. The number of fused-ring (bicyclic) bond motifs is 1. The van der Waals surface area contributed by atoms with E-state index in [2.05, 4.69) is 75.2 Å². The Balaban J connectivity index is 1.44. The number of rotatable bonds is 4. The van der Waals surface area contributed by atoms with Crippen molar-refractivity contribution in [2.45, 2.75) is 59.5 Å². The van der Waals surface area contributed by atoms with E-state index in [-0.39, 0.29) is 29.3 Å². The summed E-state index contributed by atoms with van der Waals surface area (Å²) in [6.45, 7) is 13.6. The largest absolute Gasteiger partial charge is 0.338 e. The van der Waals surface area contributed by atoms with Crippen molar-refractivity contribution >= 4 is 23.2 Å². The lowest BCUT2D eigenvalue weighted by molar-refractivity contribution is -0.144. The van der Waals surface area contributed by atoms with Crippen LogP contribution in [-0.4, -0.2) is 65.3 Å². The SMILES string of the molecule is Cc1ccc([C@H]2c3ccsc3CCN2CC(=O)N2CCN(C(=O)CC(C)(C)C)[C@H](C)C2)cc1. The Morgan fingerprint density at radius 3 is 2.42 bits per heavy atom. The van der Waals surface area contributed by atoms with E-state index in [0.717, 1.165) is 13.0 Å². The van der Waals surface area contributed by atoms with Gasteiger partial charge in [-0.25, -0.2) is 0 Å². The third-order valence-corrected chi connectivity index (χ3v) is 7.78. The minimum absolute atomic E-state index is 0.0243. The number of aryl methyl sites for hydroxylation is 1. The predicted molar refractivity (Wildman–Crippen MR) is 134 cm³/mol. The van der Waals surface area contributed by atoms with Gasteiger partial charge in [0, 0.05) is 43.5 Å². The normalized spacial score (nSPS) is 21.7. The van der Waals surface area contributed by atoms with E-state index in [4.69, 9.17) is 0 Å². The van der Waals surface area contributed by atoms with Crippen molar-refractivity contribution < 1.29 is 9.59 Å². The lowest BCUT2D eigenvalue weighted by atomic mass is 9.91. The highest BCUT2D eigenvalue weighted by Gasteiger charge is 2.35. The van der Waals surface area contributed by atoms with Crippen LogP contribution in [0.4, 0.5) is 0 Å². The number of piperazine rings is 1. The molecular weight excluding hydrogens is 430 g/mol. The molecule has 2 aromatic rings. The van der Waals surface area contributed by atoms with Crippen molar-refractivity contribution in [2.75, 3.05) is 32.7 Å². The van der Waals surface area contributed by atoms with E-state index in [9.17, 15) is 9.59 Å². The number of carbonyl (C=O) groups is 2. The molecule has 4 rings (SSSR count). The minimum atomic E-state index is -0.0243. The number of benzene rings is 1. The lowest BCUT2D eigenvalue weighted by Crippen LogP contribution is -2.57. The first-order valence-electron chi connectivity index (χ1n) is 12.1. The van der Waals surface area contributed by atoms with Crippen molar-refractivity contribution in [3.05, 3.63) is 57.3 Å². The molecule has 0 radical (unpaired) electrons. The van der Waals surface area contributed by atoms with Crippen molar-refractivity contribution in [2.24, 2.45) is 5.41 Å². The number of amides is 2. The quantitative estimate of drug-likeness (QED) is 0.665. The molecule has 1 aromatic heterocycles. The van der Waals surface area contributed by atoms with E-state index in [1.165, 1.54) is 21.6 Å². The highest BCUT2D eigenvalue weighted by molar-refractivity contribution is 7.10. The van der Waals surface area contributed by atoms with Crippen LogP contribution < -0.4 is 0 Å². The molecule has 2 atom stereocenters. The molecule has 0 saturated carbocycles. The van der Waals surface area contributed by atoms with Gasteiger partial charge in [-0.15, -0.1) is 11.3 Å². The van der Waals surface area contributed by atoms with E-state index in [1.54, 1.807) is 0 Å². The van der Waals surface area contributed by atoms with Gasteiger partial charge in [-0.05, 0) is 48.3 Å². The first-order valence-corrected chi connectivity index (χ1v) is 12.9. The number of hydrogen-bond donors (Lipinski definition) is 0. The molecule has 0 bridgehead atoms. The van der Waals surface area contributed by atoms with Crippen molar-refractivity contribution in [3.8, 4) is 0 Å². The fourth-order valence-electron chi connectivity index (χ4n) is 5.06. The summed E-state index contributed by atoms with van der Waals surface area (Å²) in [6, 6.07) is 11.1. The van der Waals surface area contributed by atoms with Crippen LogP contribution in [0.5, 0.6) is 0 Å². The molecule has 2 aliphatic rings. The number of nitrogens with zero attached hydrogens (tertiary/aromatic N) is 3. The van der Waals surface area contributed by atoms with Gasteiger partial charge in [0.05, 0.1) is 12.6 Å². The Labute approximate surface area is 202 Å². The third-order valence-electron chi connectivity index (χ3n) is 6.78. The van der Waals surface area contributed by atoms with Gasteiger partial charge in [-0.2, -0.15) is 0 Å². The number of carbonyl (C=O) groups excluding carboxylic acids is 2. The van der Waals surface area contributed by atoms with Gasteiger partial charge < -0.3 is 9.80 Å². The summed E-state index contributed by atoms with van der Waals surface area (Å²) in [5.74, 6) is 0.364. The molecule has 33 heavy (non-hydrogen) atoms. The van der Waals surface area contributed by atoms with Gasteiger partial charge in [0.15, 0.2) is 0 Å². The molecule has 2 aliphatic heterocycles. The zero-order valence-electron chi connectivity index (χ0n) is 20.6. The van der Waals surface area contributed by atoms with Gasteiger partial charge in [-0.3, -0.25) is 14.5 Å². The van der Waals surface area contributed by atoms with E-state index < -0.39 is 0 Å². The van der Waals surface area contributed by atoms with E-state index in [0.29, 0.717) is 32.6 Å². The Morgan fingerprint density at radius 2 is 1.76 bits per heavy atom. The standard InChI is InChI=1S/C27H37N3O2S/c1-19-6-8-21(9-7-19)26-22-11-15-33-23(22)10-12-29(26)18-25(32)28-13-14-30(20(2)17-28)24(31)16-27(3,4)5/h6-9,11,15,20,26H,10,12-14,16-18H2,1-5H3/t20-,26+/m1/s1. The summed E-state index contributed by atoms with van der Waals surface area (Å²) in [5, 5.41) is 2.17. The average Bonchev–Trinajstić information content (AvgIpc) is 3.22. The maximum Gasteiger partial charge on any atom is 0.236 e. The van der Waals surface area contributed by atoms with Gasteiger partial charge in [0.1, 0.15) is 0 Å². The monoisotopic (exact) mass is 467 g/mol. The van der Waals surface area contributed by atoms with Crippen molar-refractivity contribution in [1.82, 2.24) is 14.7 Å². The summed E-state index contributed by atoms with van der Waals surface area (Å²) in [6.07, 6.45) is 1.54. The molecule has 1 aromatic carbocycles. The molecule has 5 nitrogen and oxygen atoms in total. The molecule has 1 saturated heterocycles. The fourth-order valence-corrected chi connectivity index (χ4v) is 5.97. The van der Waals surface area contributed by atoms with Crippen molar-refractivity contribution in [3.63, 3.8) is 0 Å². The first kappa shape index (κ1) is 24.0. The molecule has 0 aliphatic carbocycles. The topological polar surface area (TPSA) is 43.9 Å². The van der Waals surface area contributed by atoms with E-state index in [1.807, 2.05) is 21.1 Å².